The van der Waals surface area contributed by atoms with Gasteiger partial charge in [-0.2, -0.15) is 4.98 Å². The Bertz CT molecular complexity index is 963. The number of nitrogens with zero attached hydrogens (tertiary/aromatic N) is 4. The van der Waals surface area contributed by atoms with Crippen LogP contribution >= 0.6 is 15.9 Å². The molecule has 0 spiro atoms. The fraction of sp³-hybridized carbons (Fsp3) is 0.158. The van der Waals surface area contributed by atoms with E-state index in [1.54, 1.807) is 29.2 Å². The molecular formula is C19H17BrN4O3. The van der Waals surface area contributed by atoms with Crippen LogP contribution < -0.4 is 9.64 Å². The SMILES string of the molecule is CCN(c1cccc(C)c1)c1ncnc(Oc2ccc(Br)cc2)c1[N+](=O)[O-]. The van der Waals surface area contributed by atoms with Gasteiger partial charge in [0.15, 0.2) is 0 Å². The van der Waals surface area contributed by atoms with E-state index < -0.39 is 4.92 Å². The number of halogens is 1. The molecule has 3 aromatic rings. The van der Waals surface area contributed by atoms with Crippen molar-refractivity contribution >= 4 is 33.1 Å². The molecule has 0 saturated carbocycles. The Morgan fingerprint density at radius 3 is 2.56 bits per heavy atom. The minimum absolute atomic E-state index is 0.0987. The van der Waals surface area contributed by atoms with E-state index in [9.17, 15) is 10.1 Å². The van der Waals surface area contributed by atoms with Crippen LogP contribution in [0.15, 0.2) is 59.3 Å². The highest BCUT2D eigenvalue weighted by Gasteiger charge is 2.29. The van der Waals surface area contributed by atoms with Gasteiger partial charge in [-0.05, 0) is 55.8 Å². The molecule has 1 aromatic heterocycles. The van der Waals surface area contributed by atoms with Crippen molar-refractivity contribution in [1.29, 1.82) is 0 Å². The highest BCUT2D eigenvalue weighted by Crippen LogP contribution is 2.38. The summed E-state index contributed by atoms with van der Waals surface area (Å²) in [5.41, 5.74) is 1.59. The Morgan fingerprint density at radius 2 is 1.93 bits per heavy atom. The molecule has 138 valence electrons. The largest absolute Gasteiger partial charge is 0.434 e. The molecule has 8 heteroatoms. The second-order valence-electron chi connectivity index (χ2n) is 5.75. The van der Waals surface area contributed by atoms with Gasteiger partial charge in [-0.3, -0.25) is 10.1 Å². The monoisotopic (exact) mass is 428 g/mol. The van der Waals surface area contributed by atoms with Crippen LogP contribution in [0.2, 0.25) is 0 Å². The van der Waals surface area contributed by atoms with Crippen LogP contribution in [0.3, 0.4) is 0 Å². The summed E-state index contributed by atoms with van der Waals surface area (Å²) in [5, 5.41) is 11.8. The molecule has 1 heterocycles. The minimum atomic E-state index is -0.512. The van der Waals surface area contributed by atoms with Crippen molar-refractivity contribution < 1.29 is 9.66 Å². The number of rotatable bonds is 6. The number of aromatic nitrogens is 2. The molecule has 0 bridgehead atoms. The molecule has 0 amide bonds. The molecule has 3 rings (SSSR count). The molecule has 0 aliphatic carbocycles. The summed E-state index contributed by atoms with van der Waals surface area (Å²) in [5.74, 6) is 0.540. The van der Waals surface area contributed by atoms with E-state index in [2.05, 4.69) is 25.9 Å². The molecule has 0 saturated heterocycles. The van der Waals surface area contributed by atoms with Gasteiger partial charge in [0.2, 0.25) is 5.82 Å². The Morgan fingerprint density at radius 1 is 1.19 bits per heavy atom. The molecule has 0 atom stereocenters. The highest BCUT2D eigenvalue weighted by atomic mass is 79.9. The van der Waals surface area contributed by atoms with E-state index in [1.807, 2.05) is 38.1 Å². The van der Waals surface area contributed by atoms with E-state index in [0.717, 1.165) is 15.7 Å². The molecule has 27 heavy (non-hydrogen) atoms. The Hall–Kier alpha value is -3.00. The maximum absolute atomic E-state index is 11.8. The van der Waals surface area contributed by atoms with E-state index in [1.165, 1.54) is 6.33 Å². The number of hydrogen-bond acceptors (Lipinski definition) is 6. The lowest BCUT2D eigenvalue weighted by molar-refractivity contribution is -0.385. The number of hydrogen-bond donors (Lipinski definition) is 0. The third-order valence-corrected chi connectivity index (χ3v) is 4.39. The molecule has 0 fully saturated rings. The van der Waals surface area contributed by atoms with E-state index >= 15 is 0 Å². The summed E-state index contributed by atoms with van der Waals surface area (Å²) >= 11 is 3.34. The highest BCUT2D eigenvalue weighted by molar-refractivity contribution is 9.10. The van der Waals surface area contributed by atoms with Gasteiger partial charge in [-0.15, -0.1) is 0 Å². The van der Waals surface area contributed by atoms with Crippen LogP contribution in [0.5, 0.6) is 11.6 Å². The maximum Gasteiger partial charge on any atom is 0.373 e. The first-order valence-corrected chi connectivity index (χ1v) is 9.06. The third-order valence-electron chi connectivity index (χ3n) is 3.87. The predicted octanol–water partition coefficient (Wildman–Crippen LogP) is 5.41. The normalized spacial score (nSPS) is 10.5. The zero-order chi connectivity index (χ0) is 19.4. The quantitative estimate of drug-likeness (QED) is 0.385. The second-order valence-corrected chi connectivity index (χ2v) is 6.66. The van der Waals surface area contributed by atoms with Crippen LogP contribution in [0, 0.1) is 17.0 Å². The van der Waals surface area contributed by atoms with Gasteiger partial charge in [-0.1, -0.05) is 28.1 Å². The number of anilines is 2. The van der Waals surface area contributed by atoms with Crippen molar-refractivity contribution in [1.82, 2.24) is 9.97 Å². The molecule has 0 aliphatic rings. The summed E-state index contributed by atoms with van der Waals surface area (Å²) in [6.07, 6.45) is 1.27. The average Bonchev–Trinajstić information content (AvgIpc) is 2.64. The summed E-state index contributed by atoms with van der Waals surface area (Å²) in [6, 6.07) is 14.7. The van der Waals surface area contributed by atoms with E-state index in [4.69, 9.17) is 4.74 Å². The number of aryl methyl sites for hydroxylation is 1. The fourth-order valence-electron chi connectivity index (χ4n) is 2.65. The number of benzene rings is 2. The van der Waals surface area contributed by atoms with Gasteiger partial charge in [0.1, 0.15) is 12.1 Å². The minimum Gasteiger partial charge on any atom is -0.434 e. The molecule has 7 nitrogen and oxygen atoms in total. The van der Waals surface area contributed by atoms with Crippen molar-refractivity contribution in [2.24, 2.45) is 0 Å². The maximum atomic E-state index is 11.8. The zero-order valence-electron chi connectivity index (χ0n) is 14.8. The summed E-state index contributed by atoms with van der Waals surface area (Å²) in [6.45, 7) is 4.37. The van der Waals surface area contributed by atoms with Crippen LogP contribution in [0.4, 0.5) is 17.2 Å². The van der Waals surface area contributed by atoms with Crippen LogP contribution in [-0.2, 0) is 0 Å². The van der Waals surface area contributed by atoms with Crippen molar-refractivity contribution in [3.8, 4) is 11.6 Å². The standard InChI is InChI=1S/C19H17BrN4O3/c1-3-23(15-6-4-5-13(2)11-15)18-17(24(25)26)19(22-12-21-18)27-16-9-7-14(20)8-10-16/h4-12H,3H2,1-2H3. The van der Waals surface area contributed by atoms with Gasteiger partial charge in [0.05, 0.1) is 4.92 Å². The second kappa shape index (κ2) is 8.13. The Labute approximate surface area is 164 Å². The predicted molar refractivity (Wildman–Crippen MR) is 107 cm³/mol. The molecular weight excluding hydrogens is 412 g/mol. The lowest BCUT2D eigenvalue weighted by Gasteiger charge is -2.22. The van der Waals surface area contributed by atoms with Gasteiger partial charge in [0.25, 0.3) is 0 Å². The topological polar surface area (TPSA) is 81.4 Å². The van der Waals surface area contributed by atoms with Crippen molar-refractivity contribution in [2.45, 2.75) is 13.8 Å². The smallest absolute Gasteiger partial charge is 0.373 e. The molecule has 0 radical (unpaired) electrons. The molecule has 0 unspecified atom stereocenters. The molecule has 0 aliphatic heterocycles. The van der Waals surface area contributed by atoms with E-state index in [-0.39, 0.29) is 17.4 Å². The summed E-state index contributed by atoms with van der Waals surface area (Å²) in [7, 11) is 0. The van der Waals surface area contributed by atoms with Crippen molar-refractivity contribution in [2.75, 3.05) is 11.4 Å². The Balaban J connectivity index is 2.07. The first kappa shape index (κ1) is 18.8. The summed E-state index contributed by atoms with van der Waals surface area (Å²) in [4.78, 5) is 21.2. The summed E-state index contributed by atoms with van der Waals surface area (Å²) < 4.78 is 6.56. The lowest BCUT2D eigenvalue weighted by atomic mass is 10.2. The number of ether oxygens (including phenoxy) is 1. The van der Waals surface area contributed by atoms with Crippen molar-refractivity contribution in [3.63, 3.8) is 0 Å². The lowest BCUT2D eigenvalue weighted by Crippen LogP contribution is -2.19. The Kier molecular flexibility index (Phi) is 5.66. The average molecular weight is 429 g/mol. The first-order valence-electron chi connectivity index (χ1n) is 8.26. The molecule has 2 aromatic carbocycles. The van der Waals surface area contributed by atoms with Gasteiger partial charge in [-0.25, -0.2) is 4.98 Å². The van der Waals surface area contributed by atoms with Gasteiger partial charge < -0.3 is 9.64 Å². The van der Waals surface area contributed by atoms with Crippen molar-refractivity contribution in [3.05, 3.63) is 75.0 Å². The van der Waals surface area contributed by atoms with Crippen LogP contribution in [0.25, 0.3) is 0 Å². The number of nitro groups is 1. The van der Waals surface area contributed by atoms with Crippen LogP contribution in [0.1, 0.15) is 12.5 Å². The van der Waals surface area contributed by atoms with Gasteiger partial charge >= 0.3 is 11.6 Å². The van der Waals surface area contributed by atoms with E-state index in [0.29, 0.717) is 12.3 Å². The fourth-order valence-corrected chi connectivity index (χ4v) is 2.91. The molecule has 0 N–H and O–H groups in total. The third kappa shape index (κ3) is 4.22. The first-order chi connectivity index (χ1) is 13.0. The van der Waals surface area contributed by atoms with Crippen LogP contribution in [-0.4, -0.2) is 21.4 Å². The van der Waals surface area contributed by atoms with Gasteiger partial charge in [0, 0.05) is 16.7 Å². The zero-order valence-corrected chi connectivity index (χ0v) is 16.4.